The molecule has 0 radical (unpaired) electrons. The summed E-state index contributed by atoms with van der Waals surface area (Å²) < 4.78 is 7.51. The number of rotatable bonds is 4. The van der Waals surface area contributed by atoms with Gasteiger partial charge in [-0.25, -0.2) is 19.4 Å². The minimum atomic E-state index is -0.273. The quantitative estimate of drug-likeness (QED) is 0.629. The lowest BCUT2D eigenvalue weighted by Gasteiger charge is -2.28. The summed E-state index contributed by atoms with van der Waals surface area (Å²) >= 11 is 0. The second-order valence-electron chi connectivity index (χ2n) is 8.35. The Kier molecular flexibility index (Phi) is 5.91. The number of Topliss-reactive ketones (excluding diaryl/α,β-unsaturated/α-hetero) is 1. The molecule has 1 aromatic carbocycles. The van der Waals surface area contributed by atoms with Gasteiger partial charge in [-0.3, -0.25) is 4.79 Å². The number of ketones is 1. The normalized spacial score (nSPS) is 17.4. The summed E-state index contributed by atoms with van der Waals surface area (Å²) in [6.07, 6.45) is 4.57. The molecule has 3 aromatic rings. The molecule has 0 spiro atoms. The van der Waals surface area contributed by atoms with Crippen LogP contribution in [-0.2, 0) is 9.53 Å². The number of hydrogen-bond acceptors (Lipinski definition) is 7. The second kappa shape index (κ2) is 9.14. The molecule has 10 nitrogen and oxygen atoms in total. The Bertz CT molecular complexity index is 1160. The maximum Gasteiger partial charge on any atom is 0.318 e. The van der Waals surface area contributed by atoms with E-state index < -0.39 is 0 Å². The number of anilines is 2. The Morgan fingerprint density at radius 3 is 2.52 bits per heavy atom. The number of amides is 2. The molecule has 10 heteroatoms. The third-order valence-corrected chi connectivity index (χ3v) is 6.23. The Morgan fingerprint density at radius 1 is 1.09 bits per heavy atom. The Morgan fingerprint density at radius 2 is 1.82 bits per heavy atom. The first-order valence-electron chi connectivity index (χ1n) is 11.3. The van der Waals surface area contributed by atoms with Crippen LogP contribution in [0.2, 0.25) is 0 Å². The molecule has 2 fully saturated rings. The van der Waals surface area contributed by atoms with Crippen molar-refractivity contribution in [3.05, 3.63) is 30.5 Å². The predicted molar refractivity (Wildman–Crippen MR) is 124 cm³/mol. The third kappa shape index (κ3) is 4.38. The lowest BCUT2D eigenvalue weighted by molar-refractivity contribution is -0.120. The third-order valence-electron chi connectivity index (χ3n) is 6.23. The zero-order valence-electron chi connectivity index (χ0n) is 18.6. The molecule has 5 rings (SSSR count). The summed E-state index contributed by atoms with van der Waals surface area (Å²) in [5.74, 6) is 1.77. The van der Waals surface area contributed by atoms with E-state index in [1.54, 1.807) is 7.05 Å². The molecule has 0 atom stereocenters. The van der Waals surface area contributed by atoms with Crippen LogP contribution in [0, 0.1) is 0 Å². The molecule has 2 amide bonds. The highest BCUT2D eigenvalue weighted by Crippen LogP contribution is 2.33. The number of carbonyl (C=O) groups is 2. The van der Waals surface area contributed by atoms with Crippen molar-refractivity contribution in [1.29, 1.82) is 0 Å². The summed E-state index contributed by atoms with van der Waals surface area (Å²) in [5.41, 5.74) is 2.32. The van der Waals surface area contributed by atoms with E-state index in [1.165, 1.54) is 0 Å². The number of hydrogen-bond donors (Lipinski definition) is 2. The molecule has 1 saturated heterocycles. The van der Waals surface area contributed by atoms with Crippen LogP contribution in [0.15, 0.2) is 30.5 Å². The molecular weight excluding hydrogens is 422 g/mol. The highest BCUT2D eigenvalue weighted by Gasteiger charge is 2.26. The fourth-order valence-electron chi connectivity index (χ4n) is 4.39. The van der Waals surface area contributed by atoms with Gasteiger partial charge in [-0.15, -0.1) is 0 Å². The van der Waals surface area contributed by atoms with Gasteiger partial charge >= 0.3 is 6.03 Å². The first-order valence-corrected chi connectivity index (χ1v) is 11.3. The van der Waals surface area contributed by atoms with Crippen LogP contribution in [-0.4, -0.2) is 64.9 Å². The van der Waals surface area contributed by atoms with Gasteiger partial charge in [0.1, 0.15) is 11.6 Å². The fraction of sp³-hybridized carbons (Fsp3) is 0.435. The molecule has 2 N–H and O–H groups in total. The number of urea groups is 1. The van der Waals surface area contributed by atoms with Crippen molar-refractivity contribution in [2.75, 3.05) is 43.6 Å². The van der Waals surface area contributed by atoms with E-state index >= 15 is 0 Å². The number of ether oxygens (including phenoxy) is 1. The number of nitrogens with zero attached hydrogens (tertiary/aromatic N) is 5. The summed E-state index contributed by atoms with van der Waals surface area (Å²) in [4.78, 5) is 35.4. The number of nitrogens with one attached hydrogen (secondary N) is 2. The molecule has 172 valence electrons. The Hall–Kier alpha value is -3.53. The van der Waals surface area contributed by atoms with E-state index in [-0.39, 0.29) is 12.1 Å². The van der Waals surface area contributed by atoms with E-state index in [0.29, 0.717) is 43.4 Å². The average Bonchev–Trinajstić information content (AvgIpc) is 3.29. The van der Waals surface area contributed by atoms with Gasteiger partial charge < -0.3 is 20.3 Å². The summed E-state index contributed by atoms with van der Waals surface area (Å²) in [7, 11) is 1.57. The summed E-state index contributed by atoms with van der Waals surface area (Å²) in [5, 5.41) is 10.9. The number of morpholine rings is 1. The van der Waals surface area contributed by atoms with Crippen LogP contribution in [0.3, 0.4) is 0 Å². The first kappa shape index (κ1) is 21.3. The van der Waals surface area contributed by atoms with Gasteiger partial charge in [-0.05, 0) is 37.1 Å². The maximum atomic E-state index is 11.8. The van der Waals surface area contributed by atoms with E-state index in [0.717, 1.165) is 48.3 Å². The van der Waals surface area contributed by atoms with Gasteiger partial charge in [-0.2, -0.15) is 5.10 Å². The number of fused-ring (bicyclic) bond motifs is 1. The minimum absolute atomic E-state index is 0.152. The molecule has 1 aliphatic carbocycles. The van der Waals surface area contributed by atoms with E-state index in [2.05, 4.69) is 20.6 Å². The summed E-state index contributed by atoms with van der Waals surface area (Å²) in [6.45, 7) is 2.81. The smallest absolute Gasteiger partial charge is 0.318 e. The van der Waals surface area contributed by atoms with E-state index in [9.17, 15) is 9.59 Å². The van der Waals surface area contributed by atoms with Crippen molar-refractivity contribution >= 4 is 34.4 Å². The zero-order valence-corrected chi connectivity index (χ0v) is 18.6. The van der Waals surface area contributed by atoms with Crippen LogP contribution in [0.5, 0.6) is 0 Å². The first-order chi connectivity index (χ1) is 16.1. The molecular formula is C23H27N7O3. The number of carbonyl (C=O) groups excluding carboxylic acids is 2. The van der Waals surface area contributed by atoms with Gasteiger partial charge in [-0.1, -0.05) is 0 Å². The van der Waals surface area contributed by atoms with Crippen molar-refractivity contribution in [1.82, 2.24) is 25.1 Å². The predicted octanol–water partition coefficient (Wildman–Crippen LogP) is 2.77. The molecule has 1 saturated carbocycles. The van der Waals surface area contributed by atoms with Crippen molar-refractivity contribution in [2.24, 2.45) is 0 Å². The monoisotopic (exact) mass is 449 g/mol. The van der Waals surface area contributed by atoms with Crippen LogP contribution in [0.25, 0.3) is 22.4 Å². The van der Waals surface area contributed by atoms with Crippen molar-refractivity contribution in [3.8, 4) is 11.4 Å². The van der Waals surface area contributed by atoms with E-state index in [4.69, 9.17) is 14.7 Å². The largest absolute Gasteiger partial charge is 0.378 e. The lowest BCUT2D eigenvalue weighted by atomic mass is 9.94. The molecule has 3 heterocycles. The molecule has 33 heavy (non-hydrogen) atoms. The van der Waals surface area contributed by atoms with Crippen molar-refractivity contribution < 1.29 is 14.3 Å². The van der Waals surface area contributed by atoms with Crippen LogP contribution < -0.4 is 15.5 Å². The number of aromatic nitrogens is 4. The van der Waals surface area contributed by atoms with Gasteiger partial charge in [0, 0.05) is 44.2 Å². The highest BCUT2D eigenvalue weighted by atomic mass is 16.5. The fourth-order valence-corrected chi connectivity index (χ4v) is 4.39. The van der Waals surface area contributed by atoms with Crippen LogP contribution in [0.1, 0.15) is 31.7 Å². The van der Waals surface area contributed by atoms with Gasteiger partial charge in [0.2, 0.25) is 0 Å². The van der Waals surface area contributed by atoms with Crippen molar-refractivity contribution in [3.63, 3.8) is 0 Å². The molecule has 2 aliphatic rings. The molecule has 2 aromatic heterocycles. The molecule has 0 unspecified atom stereocenters. The second-order valence-corrected chi connectivity index (χ2v) is 8.35. The Balaban J connectivity index is 1.55. The lowest BCUT2D eigenvalue weighted by Crippen LogP contribution is -2.37. The van der Waals surface area contributed by atoms with Gasteiger partial charge in [0.05, 0.1) is 30.8 Å². The SMILES string of the molecule is CNC(=O)Nc1ccc(-c2nc(N3CCOCC3)c3cnn(C4CCC(=O)CC4)c3n2)cc1. The van der Waals surface area contributed by atoms with Gasteiger partial charge in [0.25, 0.3) is 0 Å². The van der Waals surface area contributed by atoms with Crippen LogP contribution in [0.4, 0.5) is 16.3 Å². The molecule has 0 bridgehead atoms. The summed E-state index contributed by atoms with van der Waals surface area (Å²) in [6, 6.07) is 7.34. The van der Waals surface area contributed by atoms with Crippen molar-refractivity contribution in [2.45, 2.75) is 31.7 Å². The topological polar surface area (TPSA) is 114 Å². The van der Waals surface area contributed by atoms with Gasteiger partial charge in [0.15, 0.2) is 11.5 Å². The Labute approximate surface area is 191 Å². The average molecular weight is 450 g/mol. The number of benzene rings is 1. The minimum Gasteiger partial charge on any atom is -0.378 e. The standard InChI is InChI=1S/C23H27N7O3/c1-24-23(32)26-16-4-2-15(3-5-16)20-27-21(29-10-12-33-13-11-29)19-14-25-30(22(19)28-20)17-6-8-18(31)9-7-17/h2-5,14,17H,6-13H2,1H3,(H2,24,26,32). The highest BCUT2D eigenvalue weighted by molar-refractivity contribution is 5.90. The zero-order chi connectivity index (χ0) is 22.8. The van der Waals surface area contributed by atoms with Crippen LogP contribution >= 0.6 is 0 Å². The molecule has 1 aliphatic heterocycles. The van der Waals surface area contributed by atoms with E-state index in [1.807, 2.05) is 35.1 Å². The maximum absolute atomic E-state index is 11.8.